The van der Waals surface area contributed by atoms with Crippen molar-refractivity contribution in [2.75, 3.05) is 23.3 Å². The Morgan fingerprint density at radius 1 is 1.03 bits per heavy atom. The molecule has 0 bridgehead atoms. The normalized spacial score (nSPS) is 14.3. The van der Waals surface area contributed by atoms with Gasteiger partial charge in [0.1, 0.15) is 0 Å². The summed E-state index contributed by atoms with van der Waals surface area (Å²) < 4.78 is 0. The Hall–Kier alpha value is -3.15. The molecule has 0 aromatic heterocycles. The maximum absolute atomic E-state index is 12.3. The number of anilines is 2. The van der Waals surface area contributed by atoms with Crippen molar-refractivity contribution >= 4 is 29.1 Å². The Bertz CT molecular complexity index is 945. The highest BCUT2D eigenvalue weighted by Gasteiger charge is 2.20. The van der Waals surface area contributed by atoms with E-state index in [2.05, 4.69) is 31.4 Å². The smallest absolute Gasteiger partial charge is 0.251 e. The number of piperidine rings is 1. The lowest BCUT2D eigenvalue weighted by Gasteiger charge is -2.27. The molecule has 1 fully saturated rings. The number of carbonyl (C=O) groups is 3. The molecule has 1 aliphatic heterocycles. The fourth-order valence-corrected chi connectivity index (χ4v) is 3.57. The number of nitrogens with one attached hydrogen (secondary N) is 2. The molecule has 164 valence electrons. The fourth-order valence-electron chi connectivity index (χ4n) is 3.57. The molecular formula is C25H31N3O3. The molecule has 6 nitrogen and oxygen atoms in total. The summed E-state index contributed by atoms with van der Waals surface area (Å²) in [6.07, 6.45) is 2.65. The molecule has 3 amide bonds. The quantitative estimate of drug-likeness (QED) is 0.732. The van der Waals surface area contributed by atoms with Crippen molar-refractivity contribution in [3.8, 4) is 0 Å². The summed E-state index contributed by atoms with van der Waals surface area (Å²) in [6.45, 7) is 7.33. The molecule has 6 heteroatoms. The molecule has 1 aliphatic rings. The molecule has 2 aromatic carbocycles. The standard InChI is InChI=1S/C25H31N3O3/c1-25(2,3)19-12-10-18(11-13-19)24(31)26-15-14-22(29)27-20-7-6-8-21(17-20)28-16-5-4-9-23(28)30/h6-8,10-13,17H,4-5,9,14-16H2,1-3H3,(H,26,31)(H,27,29). The second-order valence-electron chi connectivity index (χ2n) is 8.93. The molecule has 2 aromatic rings. The number of nitrogens with zero attached hydrogens (tertiary/aromatic N) is 1. The van der Waals surface area contributed by atoms with Crippen LogP contribution in [-0.2, 0) is 15.0 Å². The number of rotatable bonds is 6. The summed E-state index contributed by atoms with van der Waals surface area (Å²) in [5.74, 6) is -0.266. The number of amides is 3. The largest absolute Gasteiger partial charge is 0.352 e. The molecule has 0 atom stereocenters. The minimum atomic E-state index is -0.195. The van der Waals surface area contributed by atoms with E-state index in [-0.39, 0.29) is 36.1 Å². The van der Waals surface area contributed by atoms with Gasteiger partial charge < -0.3 is 15.5 Å². The molecule has 0 aliphatic carbocycles. The van der Waals surface area contributed by atoms with Gasteiger partial charge >= 0.3 is 0 Å². The zero-order valence-electron chi connectivity index (χ0n) is 18.5. The number of hydrogen-bond acceptors (Lipinski definition) is 3. The van der Waals surface area contributed by atoms with E-state index in [9.17, 15) is 14.4 Å². The molecule has 1 saturated heterocycles. The van der Waals surface area contributed by atoms with E-state index in [4.69, 9.17) is 0 Å². The van der Waals surface area contributed by atoms with Crippen LogP contribution in [0.2, 0.25) is 0 Å². The van der Waals surface area contributed by atoms with Crippen LogP contribution in [0.1, 0.15) is 62.4 Å². The first-order chi connectivity index (χ1) is 14.7. The van der Waals surface area contributed by atoms with Gasteiger partial charge in [-0.3, -0.25) is 14.4 Å². The first-order valence-electron chi connectivity index (χ1n) is 10.8. The van der Waals surface area contributed by atoms with Crippen LogP contribution in [-0.4, -0.2) is 30.8 Å². The van der Waals surface area contributed by atoms with Gasteiger partial charge in [-0.25, -0.2) is 0 Å². The molecule has 0 radical (unpaired) electrons. The molecular weight excluding hydrogens is 390 g/mol. The molecule has 2 N–H and O–H groups in total. The van der Waals surface area contributed by atoms with E-state index in [1.165, 1.54) is 0 Å². The van der Waals surface area contributed by atoms with Crippen molar-refractivity contribution in [1.82, 2.24) is 5.32 Å². The summed E-state index contributed by atoms with van der Waals surface area (Å²) in [5.41, 5.74) is 3.22. The van der Waals surface area contributed by atoms with Gasteiger partial charge in [-0.05, 0) is 54.2 Å². The van der Waals surface area contributed by atoms with Crippen LogP contribution in [0.25, 0.3) is 0 Å². The van der Waals surface area contributed by atoms with Gasteiger partial charge in [-0.2, -0.15) is 0 Å². The van der Waals surface area contributed by atoms with Crippen LogP contribution < -0.4 is 15.5 Å². The number of hydrogen-bond donors (Lipinski definition) is 2. The summed E-state index contributed by atoms with van der Waals surface area (Å²) in [6, 6.07) is 14.9. The number of carbonyl (C=O) groups excluding carboxylic acids is 3. The van der Waals surface area contributed by atoms with Crippen LogP contribution in [0.3, 0.4) is 0 Å². The van der Waals surface area contributed by atoms with Crippen LogP contribution >= 0.6 is 0 Å². The third-order valence-electron chi connectivity index (χ3n) is 5.42. The Morgan fingerprint density at radius 2 is 1.77 bits per heavy atom. The molecule has 0 saturated carbocycles. The van der Waals surface area contributed by atoms with Gasteiger partial charge in [-0.1, -0.05) is 39.0 Å². The molecule has 0 unspecified atom stereocenters. The summed E-state index contributed by atoms with van der Waals surface area (Å²) >= 11 is 0. The predicted molar refractivity (Wildman–Crippen MR) is 123 cm³/mol. The topological polar surface area (TPSA) is 78.5 Å². The zero-order chi connectivity index (χ0) is 22.4. The summed E-state index contributed by atoms with van der Waals surface area (Å²) in [4.78, 5) is 38.5. The molecule has 3 rings (SSSR count). The molecule has 31 heavy (non-hydrogen) atoms. The van der Waals surface area contributed by atoms with E-state index in [1.54, 1.807) is 11.0 Å². The first kappa shape index (κ1) is 22.5. The summed E-state index contributed by atoms with van der Waals surface area (Å²) in [7, 11) is 0. The average molecular weight is 422 g/mol. The Balaban J connectivity index is 1.48. The van der Waals surface area contributed by atoms with Crippen molar-refractivity contribution in [2.24, 2.45) is 0 Å². The van der Waals surface area contributed by atoms with Gasteiger partial charge in [-0.15, -0.1) is 0 Å². The van der Waals surface area contributed by atoms with Crippen molar-refractivity contribution in [3.63, 3.8) is 0 Å². The van der Waals surface area contributed by atoms with Crippen LogP contribution in [0.15, 0.2) is 48.5 Å². The van der Waals surface area contributed by atoms with Crippen molar-refractivity contribution < 1.29 is 14.4 Å². The van der Waals surface area contributed by atoms with Crippen LogP contribution in [0.5, 0.6) is 0 Å². The highest BCUT2D eigenvalue weighted by Crippen LogP contribution is 2.24. The van der Waals surface area contributed by atoms with E-state index < -0.39 is 0 Å². The lowest BCUT2D eigenvalue weighted by Crippen LogP contribution is -2.35. The van der Waals surface area contributed by atoms with Crippen LogP contribution in [0.4, 0.5) is 11.4 Å². The lowest BCUT2D eigenvalue weighted by molar-refractivity contribution is -0.119. The van der Waals surface area contributed by atoms with Crippen molar-refractivity contribution in [2.45, 2.75) is 51.9 Å². The Kier molecular flexibility index (Phi) is 7.10. The second-order valence-corrected chi connectivity index (χ2v) is 8.93. The predicted octanol–water partition coefficient (Wildman–Crippen LogP) is 4.26. The van der Waals surface area contributed by atoms with Gasteiger partial charge in [0.25, 0.3) is 5.91 Å². The number of benzene rings is 2. The van der Waals surface area contributed by atoms with Crippen molar-refractivity contribution in [3.05, 3.63) is 59.7 Å². The van der Waals surface area contributed by atoms with Gasteiger partial charge in [0.2, 0.25) is 11.8 Å². The lowest BCUT2D eigenvalue weighted by atomic mass is 9.87. The van der Waals surface area contributed by atoms with E-state index >= 15 is 0 Å². The third-order valence-corrected chi connectivity index (χ3v) is 5.42. The SMILES string of the molecule is CC(C)(C)c1ccc(C(=O)NCCC(=O)Nc2cccc(N3CCCCC3=O)c2)cc1. The van der Waals surface area contributed by atoms with Crippen LogP contribution in [0, 0.1) is 0 Å². The van der Waals surface area contributed by atoms with Crippen molar-refractivity contribution in [1.29, 1.82) is 0 Å². The highest BCUT2D eigenvalue weighted by atomic mass is 16.2. The first-order valence-corrected chi connectivity index (χ1v) is 10.8. The Labute approximate surface area is 184 Å². The minimum absolute atomic E-state index is 0.0334. The molecule has 1 heterocycles. The maximum atomic E-state index is 12.3. The van der Waals surface area contributed by atoms with E-state index in [1.807, 2.05) is 42.5 Å². The fraction of sp³-hybridized carbons (Fsp3) is 0.400. The van der Waals surface area contributed by atoms with Gasteiger partial charge in [0.05, 0.1) is 0 Å². The minimum Gasteiger partial charge on any atom is -0.352 e. The summed E-state index contributed by atoms with van der Waals surface area (Å²) in [5, 5.41) is 5.64. The Morgan fingerprint density at radius 3 is 2.45 bits per heavy atom. The van der Waals surface area contributed by atoms with E-state index in [0.717, 1.165) is 24.1 Å². The maximum Gasteiger partial charge on any atom is 0.251 e. The average Bonchev–Trinajstić information content (AvgIpc) is 2.73. The third kappa shape index (κ3) is 6.17. The van der Waals surface area contributed by atoms with E-state index in [0.29, 0.717) is 24.2 Å². The highest BCUT2D eigenvalue weighted by molar-refractivity contribution is 5.97. The van der Waals surface area contributed by atoms with Gasteiger partial charge in [0.15, 0.2) is 0 Å². The second kappa shape index (κ2) is 9.77. The zero-order valence-corrected chi connectivity index (χ0v) is 18.5. The van der Waals surface area contributed by atoms with Gasteiger partial charge in [0, 0.05) is 42.9 Å². The monoisotopic (exact) mass is 421 g/mol. The molecule has 0 spiro atoms.